The summed E-state index contributed by atoms with van der Waals surface area (Å²) in [5.41, 5.74) is 6.25. The average molecular weight is 469 g/mol. The van der Waals surface area contributed by atoms with E-state index in [-0.39, 0.29) is 22.9 Å². The Morgan fingerprint density at radius 3 is 2.32 bits per heavy atom. The van der Waals surface area contributed by atoms with Gasteiger partial charge in [0.2, 0.25) is 0 Å². The fraction of sp³-hybridized carbons (Fsp3) is 0.844. The zero-order valence-corrected chi connectivity index (χ0v) is 23.8. The molecular formula is C32H52O2. The lowest BCUT2D eigenvalue weighted by Crippen LogP contribution is -2.55. The first-order chi connectivity index (χ1) is 15.8. The molecule has 192 valence electrons. The van der Waals surface area contributed by atoms with Gasteiger partial charge < -0.3 is 4.74 Å². The molecule has 0 unspecified atom stereocenters. The molecule has 0 aromatic heterocycles. The Balaban J connectivity index is 1.63. The fourth-order valence-corrected chi connectivity index (χ4v) is 9.86. The van der Waals surface area contributed by atoms with Crippen LogP contribution in [0.15, 0.2) is 22.8 Å². The van der Waals surface area contributed by atoms with Crippen molar-refractivity contribution in [1.29, 1.82) is 0 Å². The van der Waals surface area contributed by atoms with Gasteiger partial charge in [0, 0.05) is 12.3 Å². The molecule has 0 aromatic rings. The van der Waals surface area contributed by atoms with Crippen LogP contribution in [0.2, 0.25) is 0 Å². The SMILES string of the molecule is CC(=O)O[C@@H]1CC[C@]2(C)C3=C(CC[C@@H]2C1(C)C)[C@]1(C)CC[C@H]([C@H](C)CCC=C(C)C)[C@@]1(C)CC3. The summed E-state index contributed by atoms with van der Waals surface area (Å²) in [6.45, 7) is 21.2. The summed E-state index contributed by atoms with van der Waals surface area (Å²) in [5.74, 6) is 2.13. The minimum atomic E-state index is -0.117. The first-order valence-corrected chi connectivity index (χ1v) is 14.3. The van der Waals surface area contributed by atoms with E-state index in [9.17, 15) is 4.79 Å². The van der Waals surface area contributed by atoms with Gasteiger partial charge in [-0.3, -0.25) is 4.79 Å². The maximum Gasteiger partial charge on any atom is 0.302 e. The number of hydrogen-bond acceptors (Lipinski definition) is 2. The summed E-state index contributed by atoms with van der Waals surface area (Å²) in [6.07, 6.45) is 15.2. The van der Waals surface area contributed by atoms with Crippen molar-refractivity contribution in [3.8, 4) is 0 Å². The number of rotatable bonds is 5. The fourth-order valence-electron chi connectivity index (χ4n) is 9.86. The smallest absolute Gasteiger partial charge is 0.302 e. The van der Waals surface area contributed by atoms with E-state index in [0.29, 0.717) is 16.7 Å². The van der Waals surface area contributed by atoms with Crippen LogP contribution < -0.4 is 0 Å². The molecule has 0 bridgehead atoms. The van der Waals surface area contributed by atoms with Crippen LogP contribution in [0.4, 0.5) is 0 Å². The van der Waals surface area contributed by atoms with E-state index in [2.05, 4.69) is 61.5 Å². The van der Waals surface area contributed by atoms with Gasteiger partial charge >= 0.3 is 5.97 Å². The van der Waals surface area contributed by atoms with Gasteiger partial charge in [-0.25, -0.2) is 0 Å². The highest BCUT2D eigenvalue weighted by atomic mass is 16.5. The molecule has 2 nitrogen and oxygen atoms in total. The van der Waals surface area contributed by atoms with Gasteiger partial charge in [0.15, 0.2) is 0 Å². The van der Waals surface area contributed by atoms with Crippen molar-refractivity contribution < 1.29 is 9.53 Å². The third-order valence-electron chi connectivity index (χ3n) is 11.9. The number of hydrogen-bond donors (Lipinski definition) is 0. The predicted molar refractivity (Wildman–Crippen MR) is 142 cm³/mol. The summed E-state index contributed by atoms with van der Waals surface area (Å²) in [7, 11) is 0. The van der Waals surface area contributed by atoms with Gasteiger partial charge in [-0.2, -0.15) is 0 Å². The highest BCUT2D eigenvalue weighted by Gasteiger charge is 2.63. The number of fused-ring (bicyclic) bond motifs is 4. The molecule has 0 radical (unpaired) electrons. The van der Waals surface area contributed by atoms with Crippen molar-refractivity contribution in [2.75, 3.05) is 0 Å². The minimum absolute atomic E-state index is 0.0382. The summed E-state index contributed by atoms with van der Waals surface area (Å²) in [4.78, 5) is 11.8. The Kier molecular flexibility index (Phi) is 6.74. The minimum Gasteiger partial charge on any atom is -0.462 e. The van der Waals surface area contributed by atoms with E-state index in [0.717, 1.165) is 18.3 Å². The third kappa shape index (κ3) is 3.85. The van der Waals surface area contributed by atoms with E-state index < -0.39 is 0 Å². The highest BCUT2D eigenvalue weighted by molar-refractivity contribution is 5.66. The van der Waals surface area contributed by atoms with Crippen molar-refractivity contribution in [2.24, 2.45) is 39.4 Å². The number of carbonyl (C=O) groups is 1. The van der Waals surface area contributed by atoms with E-state index >= 15 is 0 Å². The van der Waals surface area contributed by atoms with Crippen LogP contribution in [0.1, 0.15) is 127 Å². The Bertz CT molecular complexity index is 873. The van der Waals surface area contributed by atoms with Crippen LogP contribution in [0, 0.1) is 39.4 Å². The zero-order valence-electron chi connectivity index (χ0n) is 23.8. The van der Waals surface area contributed by atoms with Gasteiger partial charge in [-0.05, 0) is 112 Å². The zero-order chi connectivity index (χ0) is 25.1. The van der Waals surface area contributed by atoms with Gasteiger partial charge in [-0.1, -0.05) is 64.3 Å². The lowest BCUT2D eigenvalue weighted by atomic mass is 9.43. The molecule has 4 aliphatic carbocycles. The van der Waals surface area contributed by atoms with Crippen LogP contribution in [0.25, 0.3) is 0 Å². The number of allylic oxidation sites excluding steroid dienone is 4. The molecule has 7 atom stereocenters. The first kappa shape index (κ1) is 26.0. The molecule has 0 aliphatic heterocycles. The van der Waals surface area contributed by atoms with Gasteiger partial charge in [0.05, 0.1) is 0 Å². The molecule has 0 aromatic carbocycles. The summed E-state index contributed by atoms with van der Waals surface area (Å²) in [5, 5.41) is 0. The molecule has 0 heterocycles. The molecule has 0 saturated heterocycles. The number of esters is 1. The largest absolute Gasteiger partial charge is 0.462 e. The Labute approximate surface area is 210 Å². The van der Waals surface area contributed by atoms with Crippen LogP contribution >= 0.6 is 0 Å². The lowest BCUT2D eigenvalue weighted by Gasteiger charge is -2.62. The molecule has 34 heavy (non-hydrogen) atoms. The second-order valence-electron chi connectivity index (χ2n) is 14.2. The maximum atomic E-state index is 11.8. The van der Waals surface area contributed by atoms with Crippen LogP contribution in [0.5, 0.6) is 0 Å². The van der Waals surface area contributed by atoms with Crippen molar-refractivity contribution in [1.82, 2.24) is 0 Å². The lowest BCUT2D eigenvalue weighted by molar-refractivity contribution is -0.167. The molecule has 4 aliphatic rings. The predicted octanol–water partition coefficient (Wildman–Crippen LogP) is 9.05. The van der Waals surface area contributed by atoms with Crippen LogP contribution in [0.3, 0.4) is 0 Å². The molecule has 2 fully saturated rings. The molecule has 2 heteroatoms. The molecule has 2 saturated carbocycles. The molecule has 0 amide bonds. The Hall–Kier alpha value is -1.05. The van der Waals surface area contributed by atoms with Gasteiger partial charge in [-0.15, -0.1) is 0 Å². The van der Waals surface area contributed by atoms with Gasteiger partial charge in [0.25, 0.3) is 0 Å². The standard InChI is InChI=1S/C32H52O2/c1-21(2)11-10-12-22(3)24-15-19-32(9)26-13-14-27-29(5,6)28(34-23(4)33)17-18-30(27,7)25(26)16-20-31(24,32)8/h11,22,24,27-28H,10,12-20H2,1-9H3/t22-,24-,27-,28-,30-,31-,32+/m1/s1. The Morgan fingerprint density at radius 2 is 1.68 bits per heavy atom. The average Bonchev–Trinajstić information content (AvgIpc) is 3.01. The van der Waals surface area contributed by atoms with Crippen molar-refractivity contribution in [3.05, 3.63) is 22.8 Å². The second-order valence-corrected chi connectivity index (χ2v) is 14.2. The third-order valence-corrected chi connectivity index (χ3v) is 11.9. The normalized spacial score (nSPS) is 41.7. The topological polar surface area (TPSA) is 26.3 Å². The molecule has 0 N–H and O–H groups in total. The highest BCUT2D eigenvalue weighted by Crippen LogP contribution is 2.72. The van der Waals surface area contributed by atoms with Crippen molar-refractivity contribution >= 4 is 5.97 Å². The second kappa shape index (κ2) is 8.81. The van der Waals surface area contributed by atoms with E-state index in [1.807, 2.05) is 11.1 Å². The summed E-state index contributed by atoms with van der Waals surface area (Å²) < 4.78 is 5.87. The number of ether oxygens (including phenoxy) is 1. The van der Waals surface area contributed by atoms with Crippen LogP contribution in [-0.4, -0.2) is 12.1 Å². The number of carbonyl (C=O) groups excluding carboxylic acids is 1. The molecule has 0 spiro atoms. The van der Waals surface area contributed by atoms with E-state index in [1.54, 1.807) is 6.92 Å². The van der Waals surface area contributed by atoms with Crippen LogP contribution in [-0.2, 0) is 9.53 Å². The quantitative estimate of drug-likeness (QED) is 0.297. The van der Waals surface area contributed by atoms with Crippen molar-refractivity contribution in [2.45, 2.75) is 133 Å². The van der Waals surface area contributed by atoms with Crippen molar-refractivity contribution in [3.63, 3.8) is 0 Å². The van der Waals surface area contributed by atoms with E-state index in [1.165, 1.54) is 63.4 Å². The monoisotopic (exact) mass is 468 g/mol. The van der Waals surface area contributed by atoms with E-state index in [4.69, 9.17) is 4.74 Å². The first-order valence-electron chi connectivity index (χ1n) is 14.3. The maximum absolute atomic E-state index is 11.8. The van der Waals surface area contributed by atoms with Gasteiger partial charge in [0.1, 0.15) is 6.10 Å². The summed E-state index contributed by atoms with van der Waals surface area (Å²) in [6, 6.07) is 0. The summed E-state index contributed by atoms with van der Waals surface area (Å²) >= 11 is 0. The Morgan fingerprint density at radius 1 is 0.971 bits per heavy atom. The molecular weight excluding hydrogens is 416 g/mol. The molecule has 4 rings (SSSR count).